The molecule has 1 unspecified atom stereocenters. The molecule has 0 N–H and O–H groups in total. The maximum absolute atomic E-state index is 12.7. The van der Waals surface area contributed by atoms with Crippen LogP contribution in [0.5, 0.6) is 0 Å². The van der Waals surface area contributed by atoms with Crippen LogP contribution in [0.15, 0.2) is 12.3 Å². The van der Waals surface area contributed by atoms with E-state index in [0.717, 1.165) is 19.1 Å². The average Bonchev–Trinajstić information content (AvgIpc) is 2.49. The Morgan fingerprint density at radius 1 is 1.36 bits per heavy atom. The number of halogens is 1. The lowest BCUT2D eigenvalue weighted by Crippen LogP contribution is -2.37. The van der Waals surface area contributed by atoms with Gasteiger partial charge in [-0.05, 0) is 12.8 Å². The minimum atomic E-state index is -0.732. The van der Waals surface area contributed by atoms with E-state index in [9.17, 15) is 4.39 Å². The van der Waals surface area contributed by atoms with Crippen LogP contribution in [0.3, 0.4) is 0 Å². The average molecular weight is 197 g/mol. The predicted octanol–water partition coefficient (Wildman–Crippen LogP) is 2.72. The number of ether oxygens (including phenoxy) is 2. The van der Waals surface area contributed by atoms with Gasteiger partial charge in [0.15, 0.2) is 6.26 Å². The van der Waals surface area contributed by atoms with E-state index in [0.29, 0.717) is 5.92 Å². The molecule has 0 spiro atoms. The Hall–Kier alpha value is -0.665. The first-order chi connectivity index (χ1) is 6.21. The Balaban J connectivity index is 0.000000980. The van der Waals surface area contributed by atoms with Crippen molar-refractivity contribution in [3.63, 3.8) is 0 Å². The Bertz CT molecular complexity index is 226. The van der Waals surface area contributed by atoms with Crippen LogP contribution in [0.2, 0.25) is 0 Å². The first-order valence-electron chi connectivity index (χ1n) is 4.93. The van der Waals surface area contributed by atoms with Gasteiger partial charge in [-0.3, -0.25) is 0 Å². The lowest BCUT2D eigenvalue weighted by Gasteiger charge is -2.34. The highest BCUT2D eigenvalue weighted by Gasteiger charge is 2.42. The van der Waals surface area contributed by atoms with Crippen molar-refractivity contribution in [3.05, 3.63) is 12.3 Å². The Morgan fingerprint density at radius 2 is 2.00 bits per heavy atom. The molecule has 14 heavy (non-hydrogen) atoms. The molecule has 0 saturated heterocycles. The van der Waals surface area contributed by atoms with Gasteiger partial charge in [0, 0.05) is 21.3 Å². The molecule has 0 aromatic carbocycles. The molecule has 0 aromatic heterocycles. The van der Waals surface area contributed by atoms with E-state index in [2.05, 4.69) is 0 Å². The third kappa shape index (κ3) is 2.04. The van der Waals surface area contributed by atoms with Gasteiger partial charge in [-0.1, -0.05) is 19.3 Å². The van der Waals surface area contributed by atoms with Gasteiger partial charge < -0.3 is 9.47 Å². The third-order valence-electron chi connectivity index (χ3n) is 3.03. The van der Waals surface area contributed by atoms with E-state index in [1.807, 2.05) is 6.92 Å². The second-order valence-electron chi connectivity index (χ2n) is 3.99. The second kappa shape index (κ2) is 4.24. The Morgan fingerprint density at radius 3 is 2.50 bits per heavy atom. The fourth-order valence-corrected chi connectivity index (χ4v) is 2.21. The summed E-state index contributed by atoms with van der Waals surface area (Å²) in [6, 6.07) is -0.590. The van der Waals surface area contributed by atoms with Crippen molar-refractivity contribution in [2.24, 2.45) is 5.92 Å². The van der Waals surface area contributed by atoms with Gasteiger partial charge in [-0.25, -0.2) is 0 Å². The fraction of sp³-hybridized carbons (Fsp3) is 0.800. The molecule has 0 amide bonds. The monoisotopic (exact) mass is 197 g/mol. The van der Waals surface area contributed by atoms with Crippen LogP contribution in [-0.2, 0) is 9.47 Å². The fourth-order valence-electron chi connectivity index (χ4n) is 2.21. The van der Waals surface area contributed by atoms with E-state index in [1.54, 1.807) is 0 Å². The number of hydrogen-bond donors (Lipinski definition) is 0. The van der Waals surface area contributed by atoms with Gasteiger partial charge in [0.1, 0.15) is 0 Å². The third-order valence-corrected chi connectivity index (χ3v) is 3.03. The summed E-state index contributed by atoms with van der Waals surface area (Å²) in [5.41, 5.74) is 0. The molecule has 77 valence electrons. The van der Waals surface area contributed by atoms with Gasteiger partial charge in [0.25, 0.3) is 5.79 Å². The zero-order valence-electron chi connectivity index (χ0n) is 8.46. The summed E-state index contributed by atoms with van der Waals surface area (Å²) in [6.07, 6.45) is 6.93. The molecule has 3 radical (unpaired) electrons. The molecule has 2 nitrogen and oxygen atoms in total. The highest BCUT2D eigenvalue weighted by molar-refractivity contribution is 5.75. The summed E-state index contributed by atoms with van der Waals surface area (Å²) in [7, 11) is 0. The minimum absolute atomic E-state index is 0. The normalized spacial score (nSPS) is 32.6. The number of rotatable bonds is 1. The summed E-state index contributed by atoms with van der Waals surface area (Å²) in [4.78, 5) is 0. The smallest absolute Gasteiger partial charge is 0.311 e. The van der Waals surface area contributed by atoms with Crippen molar-refractivity contribution in [3.8, 4) is 0 Å². The van der Waals surface area contributed by atoms with Gasteiger partial charge in [-0.15, -0.1) is 0 Å². The molecule has 2 rings (SSSR count). The lowest BCUT2D eigenvalue weighted by molar-refractivity contribution is -0.187. The first-order valence-corrected chi connectivity index (χ1v) is 4.93. The van der Waals surface area contributed by atoms with Crippen molar-refractivity contribution in [1.82, 2.24) is 0 Å². The molecule has 0 bridgehead atoms. The molecule has 2 aliphatic rings. The maximum Gasteiger partial charge on any atom is 0.311 e. The van der Waals surface area contributed by atoms with Crippen LogP contribution in [-0.4, -0.2) is 14.2 Å². The van der Waals surface area contributed by atoms with E-state index >= 15 is 0 Å². The van der Waals surface area contributed by atoms with Gasteiger partial charge in [-0.2, -0.15) is 4.39 Å². The van der Waals surface area contributed by atoms with Crippen molar-refractivity contribution in [1.29, 1.82) is 0 Å². The van der Waals surface area contributed by atoms with Crippen molar-refractivity contribution in [2.75, 3.05) is 0 Å². The highest BCUT2D eigenvalue weighted by Crippen LogP contribution is 2.40. The maximum atomic E-state index is 12.7. The molecule has 1 heterocycles. The van der Waals surface area contributed by atoms with Gasteiger partial charge >= 0.3 is 6.01 Å². The van der Waals surface area contributed by atoms with Crippen molar-refractivity contribution >= 4 is 8.41 Å². The van der Waals surface area contributed by atoms with Gasteiger partial charge in [0.05, 0.1) is 0 Å². The van der Waals surface area contributed by atoms with Crippen LogP contribution in [0.1, 0.15) is 39.0 Å². The van der Waals surface area contributed by atoms with Crippen LogP contribution >= 0.6 is 0 Å². The molecule has 0 aromatic rings. The van der Waals surface area contributed by atoms with E-state index < -0.39 is 11.8 Å². The first kappa shape index (κ1) is 11.4. The van der Waals surface area contributed by atoms with E-state index in [-0.39, 0.29) is 8.41 Å². The number of hydrogen-bond acceptors (Lipinski definition) is 2. The summed E-state index contributed by atoms with van der Waals surface area (Å²) in [5, 5.41) is 0. The highest BCUT2D eigenvalue weighted by atomic mass is 19.1. The Labute approximate surface area is 86.0 Å². The molecule has 1 fully saturated rings. The zero-order chi connectivity index (χ0) is 9.31. The molecular weight excluding hydrogens is 182 g/mol. The molecular formula is C10H15BFO2. The van der Waals surface area contributed by atoms with Crippen LogP contribution < -0.4 is 0 Å². The standard InChI is InChI=1S/C10H15FO2.B/c1-10(12-7-9(11)13-10)8-5-3-2-4-6-8;/h7-8H,2-6H2,1H3;. The molecule has 1 saturated carbocycles. The summed E-state index contributed by atoms with van der Waals surface area (Å²) in [6.45, 7) is 1.83. The summed E-state index contributed by atoms with van der Waals surface area (Å²) >= 11 is 0. The summed E-state index contributed by atoms with van der Waals surface area (Å²) in [5.74, 6) is -0.393. The minimum Gasteiger partial charge on any atom is -0.453 e. The lowest BCUT2D eigenvalue weighted by atomic mass is 9.84. The van der Waals surface area contributed by atoms with E-state index in [4.69, 9.17) is 9.47 Å². The van der Waals surface area contributed by atoms with Crippen LogP contribution in [0, 0.1) is 5.92 Å². The quantitative estimate of drug-likeness (QED) is 0.601. The predicted molar refractivity (Wildman–Crippen MR) is 52.1 cm³/mol. The van der Waals surface area contributed by atoms with Crippen LogP contribution in [0.25, 0.3) is 0 Å². The second-order valence-corrected chi connectivity index (χ2v) is 3.99. The topological polar surface area (TPSA) is 18.5 Å². The Kier molecular flexibility index (Phi) is 3.45. The van der Waals surface area contributed by atoms with Gasteiger partial charge in [0.2, 0.25) is 0 Å². The van der Waals surface area contributed by atoms with Crippen LogP contribution in [0.4, 0.5) is 4.39 Å². The van der Waals surface area contributed by atoms with Crippen molar-refractivity contribution < 1.29 is 13.9 Å². The molecule has 1 aliphatic carbocycles. The zero-order valence-corrected chi connectivity index (χ0v) is 8.46. The van der Waals surface area contributed by atoms with Crippen molar-refractivity contribution in [2.45, 2.75) is 44.8 Å². The SMILES string of the molecule is CC1(C2CCCCC2)OC=C(F)O1.[B]. The molecule has 1 atom stereocenters. The largest absolute Gasteiger partial charge is 0.453 e. The summed E-state index contributed by atoms with van der Waals surface area (Å²) < 4.78 is 23.0. The van der Waals surface area contributed by atoms with E-state index in [1.165, 1.54) is 19.3 Å². The molecule has 1 aliphatic heterocycles. The molecule has 4 heteroatoms.